The van der Waals surface area contributed by atoms with Crippen molar-refractivity contribution in [3.8, 4) is 0 Å². The lowest BCUT2D eigenvalue weighted by Crippen LogP contribution is -2.50. The van der Waals surface area contributed by atoms with Gasteiger partial charge in [0.15, 0.2) is 0 Å². The Bertz CT molecular complexity index is 400. The Balaban J connectivity index is 2.02. The second-order valence-corrected chi connectivity index (χ2v) is 5.74. The maximum atomic E-state index is 12.3. The van der Waals surface area contributed by atoms with E-state index in [0.717, 1.165) is 38.9 Å². The topological polar surface area (TPSA) is 32.3 Å². The number of rotatable bonds is 5. The van der Waals surface area contributed by atoms with Crippen molar-refractivity contribution in [1.29, 1.82) is 0 Å². The summed E-state index contributed by atoms with van der Waals surface area (Å²) in [5, 5.41) is 5.41. The molecule has 100 valence electrons. The molecule has 1 N–H and O–H groups in total. The highest BCUT2D eigenvalue weighted by atomic mass is 32.1. The minimum absolute atomic E-state index is 0.0359. The van der Waals surface area contributed by atoms with Crippen LogP contribution in [0, 0.1) is 0 Å². The number of nitrogens with one attached hydrogen (secondary N) is 1. The first-order chi connectivity index (χ1) is 8.76. The number of piperidine rings is 1. The molecule has 2 heterocycles. The van der Waals surface area contributed by atoms with E-state index in [-0.39, 0.29) is 11.9 Å². The summed E-state index contributed by atoms with van der Waals surface area (Å²) >= 11 is 1.77. The number of aryl methyl sites for hydroxylation is 1. The fourth-order valence-corrected chi connectivity index (χ4v) is 3.52. The van der Waals surface area contributed by atoms with Crippen molar-refractivity contribution in [3.63, 3.8) is 0 Å². The van der Waals surface area contributed by atoms with Crippen LogP contribution in [-0.4, -0.2) is 29.9 Å². The quantitative estimate of drug-likeness (QED) is 0.887. The standard InChI is InChI=1S/C14H22N2OS/c1-3-11-7-9-18-13(11)10-16-8-5-6-12(14(16)17)15-4-2/h7,9,12,15H,3-6,8,10H2,1-2H3. The van der Waals surface area contributed by atoms with Gasteiger partial charge in [0.25, 0.3) is 0 Å². The van der Waals surface area contributed by atoms with Gasteiger partial charge in [-0.1, -0.05) is 13.8 Å². The van der Waals surface area contributed by atoms with Gasteiger partial charge >= 0.3 is 0 Å². The Morgan fingerprint density at radius 3 is 3.06 bits per heavy atom. The Hall–Kier alpha value is -0.870. The molecule has 0 aliphatic carbocycles. The molecule has 2 rings (SSSR count). The van der Waals surface area contributed by atoms with E-state index in [1.807, 2.05) is 4.90 Å². The smallest absolute Gasteiger partial charge is 0.240 e. The number of amides is 1. The number of likely N-dealkylation sites (tertiary alicyclic amines) is 1. The van der Waals surface area contributed by atoms with Crippen LogP contribution in [0.5, 0.6) is 0 Å². The molecule has 3 nitrogen and oxygen atoms in total. The van der Waals surface area contributed by atoms with Crippen molar-refractivity contribution >= 4 is 17.2 Å². The summed E-state index contributed by atoms with van der Waals surface area (Å²) in [5.74, 6) is 0.276. The summed E-state index contributed by atoms with van der Waals surface area (Å²) in [7, 11) is 0. The lowest BCUT2D eigenvalue weighted by atomic mass is 10.0. The van der Waals surface area contributed by atoms with Crippen molar-refractivity contribution < 1.29 is 4.79 Å². The van der Waals surface area contributed by atoms with Crippen molar-refractivity contribution in [2.45, 2.75) is 45.7 Å². The molecule has 18 heavy (non-hydrogen) atoms. The summed E-state index contributed by atoms with van der Waals surface area (Å²) in [6, 6.07) is 2.21. The van der Waals surface area contributed by atoms with Crippen LogP contribution >= 0.6 is 11.3 Å². The lowest BCUT2D eigenvalue weighted by Gasteiger charge is -2.32. The molecule has 1 aliphatic heterocycles. The predicted octanol–water partition coefficient (Wildman–Crippen LogP) is 2.41. The number of carbonyl (C=O) groups is 1. The Morgan fingerprint density at radius 2 is 2.33 bits per heavy atom. The highest BCUT2D eigenvalue weighted by molar-refractivity contribution is 7.10. The molecule has 1 aromatic heterocycles. The van der Waals surface area contributed by atoms with Gasteiger partial charge in [-0.25, -0.2) is 0 Å². The Kier molecular flexibility index (Phi) is 4.78. The van der Waals surface area contributed by atoms with E-state index in [2.05, 4.69) is 30.6 Å². The van der Waals surface area contributed by atoms with Crippen LogP contribution in [0.2, 0.25) is 0 Å². The molecule has 0 radical (unpaired) electrons. The molecule has 0 aromatic carbocycles. The first kappa shape index (κ1) is 13.6. The van der Waals surface area contributed by atoms with Crippen LogP contribution in [0.25, 0.3) is 0 Å². The second kappa shape index (κ2) is 6.34. The molecule has 1 fully saturated rings. The molecular formula is C14H22N2OS. The minimum Gasteiger partial charge on any atom is -0.336 e. The molecule has 1 amide bonds. The number of carbonyl (C=O) groups excluding carboxylic acids is 1. The molecule has 0 bridgehead atoms. The second-order valence-electron chi connectivity index (χ2n) is 4.73. The Labute approximate surface area is 113 Å². The average molecular weight is 266 g/mol. The number of hydrogen-bond donors (Lipinski definition) is 1. The van der Waals surface area contributed by atoms with Gasteiger partial charge in [0.1, 0.15) is 0 Å². The first-order valence-corrected chi connectivity index (χ1v) is 7.71. The van der Waals surface area contributed by atoms with Crippen LogP contribution < -0.4 is 5.32 Å². The van der Waals surface area contributed by atoms with Gasteiger partial charge in [0.2, 0.25) is 5.91 Å². The van der Waals surface area contributed by atoms with E-state index < -0.39 is 0 Å². The van der Waals surface area contributed by atoms with E-state index in [9.17, 15) is 4.79 Å². The van der Waals surface area contributed by atoms with Crippen LogP contribution in [0.15, 0.2) is 11.4 Å². The van der Waals surface area contributed by atoms with Gasteiger partial charge in [-0.3, -0.25) is 4.79 Å². The summed E-state index contributed by atoms with van der Waals surface area (Å²) in [5.41, 5.74) is 1.39. The molecule has 1 atom stereocenters. The molecule has 4 heteroatoms. The van der Waals surface area contributed by atoms with Crippen molar-refractivity contribution in [3.05, 3.63) is 21.9 Å². The monoisotopic (exact) mass is 266 g/mol. The van der Waals surface area contributed by atoms with E-state index >= 15 is 0 Å². The molecule has 0 spiro atoms. The highest BCUT2D eigenvalue weighted by Gasteiger charge is 2.28. The van der Waals surface area contributed by atoms with Crippen LogP contribution in [0.1, 0.15) is 37.1 Å². The number of thiophene rings is 1. The largest absolute Gasteiger partial charge is 0.336 e. The van der Waals surface area contributed by atoms with Gasteiger partial charge < -0.3 is 10.2 Å². The third kappa shape index (κ3) is 2.93. The maximum absolute atomic E-state index is 12.3. The Morgan fingerprint density at radius 1 is 1.50 bits per heavy atom. The molecule has 1 aliphatic rings. The number of nitrogens with zero attached hydrogens (tertiary/aromatic N) is 1. The van der Waals surface area contributed by atoms with Crippen molar-refractivity contribution in [2.75, 3.05) is 13.1 Å². The summed E-state index contributed by atoms with van der Waals surface area (Å²) in [6.45, 7) is 6.79. The van der Waals surface area contributed by atoms with E-state index in [0.29, 0.717) is 0 Å². The summed E-state index contributed by atoms with van der Waals surface area (Å²) in [6.07, 6.45) is 3.14. The molecule has 0 saturated carbocycles. The number of likely N-dealkylation sites (N-methyl/N-ethyl adjacent to an activating group) is 1. The molecular weight excluding hydrogens is 244 g/mol. The molecule has 1 unspecified atom stereocenters. The van der Waals surface area contributed by atoms with Crippen LogP contribution in [0.3, 0.4) is 0 Å². The summed E-state index contributed by atoms with van der Waals surface area (Å²) < 4.78 is 0. The zero-order valence-corrected chi connectivity index (χ0v) is 12.1. The van der Waals surface area contributed by atoms with Gasteiger partial charge in [-0.05, 0) is 42.8 Å². The average Bonchev–Trinajstić information content (AvgIpc) is 2.82. The predicted molar refractivity (Wildman–Crippen MR) is 75.8 cm³/mol. The summed E-state index contributed by atoms with van der Waals surface area (Å²) in [4.78, 5) is 15.7. The van der Waals surface area contributed by atoms with Gasteiger partial charge in [0.05, 0.1) is 12.6 Å². The third-order valence-corrected chi connectivity index (χ3v) is 4.48. The normalized spacial score (nSPS) is 20.4. The minimum atomic E-state index is 0.0359. The van der Waals surface area contributed by atoms with Gasteiger partial charge in [-0.2, -0.15) is 0 Å². The van der Waals surface area contributed by atoms with Crippen LogP contribution in [0.4, 0.5) is 0 Å². The maximum Gasteiger partial charge on any atom is 0.240 e. The van der Waals surface area contributed by atoms with Crippen LogP contribution in [-0.2, 0) is 17.8 Å². The SMILES string of the molecule is CCNC1CCCN(Cc2sccc2CC)C1=O. The first-order valence-electron chi connectivity index (χ1n) is 6.83. The molecule has 1 aromatic rings. The van der Waals surface area contributed by atoms with E-state index in [1.165, 1.54) is 10.4 Å². The van der Waals surface area contributed by atoms with E-state index in [4.69, 9.17) is 0 Å². The lowest BCUT2D eigenvalue weighted by molar-refractivity contribution is -0.136. The van der Waals surface area contributed by atoms with Gasteiger partial charge in [-0.15, -0.1) is 11.3 Å². The highest BCUT2D eigenvalue weighted by Crippen LogP contribution is 2.22. The number of hydrogen-bond acceptors (Lipinski definition) is 3. The van der Waals surface area contributed by atoms with E-state index in [1.54, 1.807) is 11.3 Å². The fraction of sp³-hybridized carbons (Fsp3) is 0.643. The van der Waals surface area contributed by atoms with Crippen molar-refractivity contribution in [1.82, 2.24) is 10.2 Å². The van der Waals surface area contributed by atoms with Gasteiger partial charge in [0, 0.05) is 11.4 Å². The molecule has 1 saturated heterocycles. The van der Waals surface area contributed by atoms with Crippen molar-refractivity contribution in [2.24, 2.45) is 0 Å². The third-order valence-electron chi connectivity index (χ3n) is 3.53. The zero-order chi connectivity index (χ0) is 13.0. The fourth-order valence-electron chi connectivity index (χ4n) is 2.53. The zero-order valence-electron chi connectivity index (χ0n) is 11.2.